The second kappa shape index (κ2) is 6.10. The molecule has 0 amide bonds. The first-order valence-electron chi connectivity index (χ1n) is 7.72. The Kier molecular flexibility index (Phi) is 4.60. The fourth-order valence-electron chi connectivity index (χ4n) is 3.71. The molecule has 0 spiro atoms. The van der Waals surface area contributed by atoms with Crippen LogP contribution < -0.4 is 11.2 Å². The number of nitrogens with zero attached hydrogens (tertiary/aromatic N) is 1. The lowest BCUT2D eigenvalue weighted by atomic mass is 9.64. The summed E-state index contributed by atoms with van der Waals surface area (Å²) in [6.07, 6.45) is -0.792. The summed E-state index contributed by atoms with van der Waals surface area (Å²) in [4.78, 5) is 48.9. The van der Waals surface area contributed by atoms with Crippen molar-refractivity contribution in [1.29, 1.82) is 0 Å². The molecule has 10 heteroatoms. The van der Waals surface area contributed by atoms with Crippen molar-refractivity contribution in [2.45, 2.75) is 45.4 Å². The average molecular weight is 358 g/mol. The molecule has 2 rings (SSSR count). The number of carboxylic acids is 2. The van der Waals surface area contributed by atoms with E-state index in [2.05, 4.69) is 0 Å². The zero-order valence-electron chi connectivity index (χ0n) is 13.9. The van der Waals surface area contributed by atoms with Crippen LogP contribution in [0.15, 0.2) is 15.8 Å². The number of aromatic nitrogens is 2. The Morgan fingerprint density at radius 1 is 1.32 bits per heavy atom. The summed E-state index contributed by atoms with van der Waals surface area (Å²) >= 11 is 0. The van der Waals surface area contributed by atoms with Gasteiger partial charge in [0.2, 0.25) is 5.82 Å². The highest BCUT2D eigenvalue weighted by molar-refractivity contribution is 5.89. The molecule has 9 nitrogen and oxygen atoms in total. The van der Waals surface area contributed by atoms with E-state index in [1.807, 2.05) is 0 Å². The third-order valence-electron chi connectivity index (χ3n) is 5.17. The molecule has 2 heterocycles. The number of ether oxygens (including phenoxy) is 1. The maximum atomic E-state index is 13.6. The van der Waals surface area contributed by atoms with Gasteiger partial charge in [-0.2, -0.15) is 4.39 Å². The summed E-state index contributed by atoms with van der Waals surface area (Å²) in [6.45, 7) is 4.32. The van der Waals surface area contributed by atoms with E-state index in [1.165, 1.54) is 13.8 Å². The molecular weight excluding hydrogens is 339 g/mol. The average Bonchev–Trinajstić information content (AvgIpc) is 2.81. The molecule has 1 aliphatic rings. The van der Waals surface area contributed by atoms with Crippen LogP contribution in [0.1, 0.15) is 39.8 Å². The molecule has 1 aliphatic heterocycles. The van der Waals surface area contributed by atoms with E-state index in [0.717, 1.165) is 0 Å². The summed E-state index contributed by atoms with van der Waals surface area (Å²) in [5.41, 5.74) is -6.23. The zero-order chi connectivity index (χ0) is 19.2. The predicted octanol–water partition coefficient (Wildman–Crippen LogP) is 0.555. The van der Waals surface area contributed by atoms with E-state index in [-0.39, 0.29) is 12.8 Å². The Hall–Kier alpha value is -2.49. The summed E-state index contributed by atoms with van der Waals surface area (Å²) in [7, 11) is 0. The van der Waals surface area contributed by atoms with E-state index < -0.39 is 52.2 Å². The molecule has 1 saturated heterocycles. The molecule has 25 heavy (non-hydrogen) atoms. The van der Waals surface area contributed by atoms with E-state index in [9.17, 15) is 33.8 Å². The molecule has 0 aromatic carbocycles. The molecular formula is C15H19FN2O7. The van der Waals surface area contributed by atoms with Crippen molar-refractivity contribution in [2.75, 3.05) is 0 Å². The maximum Gasteiger partial charge on any atom is 0.337 e. The summed E-state index contributed by atoms with van der Waals surface area (Å²) < 4.78 is 19.9. The number of hydrogen-bond donors (Lipinski definition) is 3. The lowest BCUT2D eigenvalue weighted by Gasteiger charge is -2.36. The molecule has 1 aromatic heterocycles. The minimum atomic E-state index is -2.11. The normalized spacial score (nSPS) is 31.8. The first-order chi connectivity index (χ1) is 11.6. The van der Waals surface area contributed by atoms with Crippen molar-refractivity contribution in [3.05, 3.63) is 32.9 Å². The summed E-state index contributed by atoms with van der Waals surface area (Å²) in [6, 6.07) is 0. The fourth-order valence-corrected chi connectivity index (χ4v) is 3.71. The van der Waals surface area contributed by atoms with Gasteiger partial charge in [-0.3, -0.25) is 19.1 Å². The van der Waals surface area contributed by atoms with Crippen LogP contribution in [-0.2, 0) is 14.3 Å². The molecule has 4 atom stereocenters. The molecule has 0 saturated carbocycles. The number of rotatable bonds is 5. The lowest BCUT2D eigenvalue weighted by Crippen LogP contribution is -2.56. The van der Waals surface area contributed by atoms with Gasteiger partial charge in [-0.15, -0.1) is 0 Å². The number of carboxylic acid groups (broad SMARTS) is 2. The zero-order valence-corrected chi connectivity index (χ0v) is 13.9. The number of nitrogens with one attached hydrogen (secondary N) is 1. The Labute approximate surface area is 141 Å². The van der Waals surface area contributed by atoms with Gasteiger partial charge in [0.15, 0.2) is 5.60 Å². The maximum absolute atomic E-state index is 13.6. The largest absolute Gasteiger partial charge is 0.481 e. The van der Waals surface area contributed by atoms with Gasteiger partial charge in [0, 0.05) is 5.92 Å². The SMILES string of the molecule is CCC1[C@@H](n2cc(F)c(=O)[nH]c2=O)O[C@@](CC)(C(=O)O)C1(C)C(=O)O. The highest BCUT2D eigenvalue weighted by atomic mass is 19.1. The van der Waals surface area contributed by atoms with Crippen molar-refractivity contribution in [2.24, 2.45) is 11.3 Å². The van der Waals surface area contributed by atoms with E-state index in [0.29, 0.717) is 10.8 Å². The quantitative estimate of drug-likeness (QED) is 0.699. The molecule has 138 valence electrons. The number of H-pyrrole nitrogens is 1. The fraction of sp³-hybridized carbons (Fsp3) is 0.600. The van der Waals surface area contributed by atoms with Crippen molar-refractivity contribution in [3.63, 3.8) is 0 Å². The molecule has 0 bridgehead atoms. The van der Waals surface area contributed by atoms with Crippen LogP contribution >= 0.6 is 0 Å². The van der Waals surface area contributed by atoms with Crippen LogP contribution in [-0.4, -0.2) is 37.3 Å². The van der Waals surface area contributed by atoms with Crippen molar-refractivity contribution < 1.29 is 28.9 Å². The van der Waals surface area contributed by atoms with Gasteiger partial charge in [0.25, 0.3) is 5.56 Å². The molecule has 1 fully saturated rings. The summed E-state index contributed by atoms with van der Waals surface area (Å²) in [5.74, 6) is -5.11. The highest BCUT2D eigenvalue weighted by Gasteiger charge is 2.70. The number of hydrogen-bond acceptors (Lipinski definition) is 5. The number of halogens is 1. The van der Waals surface area contributed by atoms with E-state index in [4.69, 9.17) is 4.74 Å². The smallest absolute Gasteiger partial charge is 0.337 e. The van der Waals surface area contributed by atoms with Crippen molar-refractivity contribution in [3.8, 4) is 0 Å². The standard InChI is InChI=1S/C15H19FN2O7/c1-4-7-10(18-6-8(16)9(19)17-13(18)24)25-15(5-2,12(22)23)14(7,3)11(20)21/h6-7,10H,4-5H2,1-3H3,(H,20,21)(H,22,23)(H,17,19,24)/t7?,10-,14?,15-/m0/s1. The van der Waals surface area contributed by atoms with Gasteiger partial charge in [0.1, 0.15) is 11.6 Å². The second-order valence-electron chi connectivity index (χ2n) is 6.16. The predicted molar refractivity (Wildman–Crippen MR) is 81.6 cm³/mol. The van der Waals surface area contributed by atoms with Crippen molar-refractivity contribution >= 4 is 11.9 Å². The number of aromatic amines is 1. The minimum absolute atomic E-state index is 0.148. The van der Waals surface area contributed by atoms with Gasteiger partial charge in [-0.25, -0.2) is 9.59 Å². The molecule has 1 aromatic rings. The molecule has 2 unspecified atom stereocenters. The van der Waals surface area contributed by atoms with Crippen LogP contribution in [0.3, 0.4) is 0 Å². The van der Waals surface area contributed by atoms with E-state index in [1.54, 1.807) is 11.9 Å². The molecule has 3 N–H and O–H groups in total. The third kappa shape index (κ3) is 2.39. The van der Waals surface area contributed by atoms with Gasteiger partial charge < -0.3 is 14.9 Å². The number of aliphatic carboxylic acids is 2. The Balaban J connectivity index is 2.76. The van der Waals surface area contributed by atoms with Crippen LogP contribution in [0.2, 0.25) is 0 Å². The van der Waals surface area contributed by atoms with E-state index >= 15 is 0 Å². The Morgan fingerprint density at radius 3 is 2.36 bits per heavy atom. The number of carbonyl (C=O) groups is 2. The van der Waals surface area contributed by atoms with Gasteiger partial charge in [-0.1, -0.05) is 13.8 Å². The molecule has 0 aliphatic carbocycles. The van der Waals surface area contributed by atoms with Gasteiger partial charge in [0.05, 0.1) is 6.20 Å². The first-order valence-corrected chi connectivity index (χ1v) is 7.72. The van der Waals surface area contributed by atoms with Gasteiger partial charge in [-0.05, 0) is 19.8 Å². The Bertz CT molecular complexity index is 832. The van der Waals surface area contributed by atoms with Crippen molar-refractivity contribution in [1.82, 2.24) is 9.55 Å². The van der Waals surface area contributed by atoms with Crippen LogP contribution in [0.5, 0.6) is 0 Å². The van der Waals surface area contributed by atoms with Crippen LogP contribution in [0.4, 0.5) is 4.39 Å². The monoisotopic (exact) mass is 358 g/mol. The summed E-state index contributed by atoms with van der Waals surface area (Å²) in [5, 5.41) is 19.4. The third-order valence-corrected chi connectivity index (χ3v) is 5.17. The second-order valence-corrected chi connectivity index (χ2v) is 6.16. The first kappa shape index (κ1) is 18.8. The minimum Gasteiger partial charge on any atom is -0.481 e. The highest BCUT2D eigenvalue weighted by Crippen LogP contribution is 2.57. The van der Waals surface area contributed by atoms with Crippen LogP contribution in [0, 0.1) is 17.2 Å². The van der Waals surface area contributed by atoms with Crippen LogP contribution in [0.25, 0.3) is 0 Å². The lowest BCUT2D eigenvalue weighted by molar-refractivity contribution is -0.188. The Morgan fingerprint density at radius 2 is 1.92 bits per heavy atom. The molecule has 0 radical (unpaired) electrons. The van der Waals surface area contributed by atoms with Gasteiger partial charge >= 0.3 is 17.6 Å². The topological polar surface area (TPSA) is 139 Å².